The van der Waals surface area contributed by atoms with E-state index in [4.69, 9.17) is 28.4 Å². The van der Waals surface area contributed by atoms with Gasteiger partial charge in [0.25, 0.3) is 0 Å². The van der Waals surface area contributed by atoms with E-state index in [-0.39, 0.29) is 37.0 Å². The molecule has 0 bridgehead atoms. The summed E-state index contributed by atoms with van der Waals surface area (Å²) in [6.45, 7) is 5.97. The fourth-order valence-corrected chi connectivity index (χ4v) is 8.86. The average Bonchev–Trinajstić information content (AvgIpc) is 3.59. The third-order valence-corrected chi connectivity index (χ3v) is 10.3. The summed E-state index contributed by atoms with van der Waals surface area (Å²) >= 11 is 0. The highest BCUT2D eigenvalue weighted by Crippen LogP contribution is 2.70. The van der Waals surface area contributed by atoms with Crippen molar-refractivity contribution in [3.8, 4) is 0 Å². The molecule has 6 fully saturated rings. The molecule has 3 saturated heterocycles. The van der Waals surface area contributed by atoms with Crippen LogP contribution in [0.1, 0.15) is 46.0 Å². The van der Waals surface area contributed by atoms with Crippen LogP contribution in [0.3, 0.4) is 0 Å². The van der Waals surface area contributed by atoms with Crippen molar-refractivity contribution in [2.75, 3.05) is 33.4 Å². The summed E-state index contributed by atoms with van der Waals surface area (Å²) in [5.41, 5.74) is 0.00848. The minimum Gasteiger partial charge on any atom is -0.350 e. The normalized spacial score (nSPS) is 50.5. The fraction of sp³-hybridized carbons (Fsp3) is 0.769. The maximum absolute atomic E-state index is 14.1. The summed E-state index contributed by atoms with van der Waals surface area (Å²) in [5, 5.41) is 0. The molecule has 4 aliphatic carbocycles. The first kappa shape index (κ1) is 21.8. The number of hydrogen-bond acceptors (Lipinski definition) is 8. The van der Waals surface area contributed by atoms with Gasteiger partial charge in [0, 0.05) is 23.2 Å². The molecular formula is C26H32O8. The van der Waals surface area contributed by atoms with Crippen molar-refractivity contribution in [3.05, 3.63) is 23.3 Å². The molecule has 7 rings (SSSR count). The highest BCUT2D eigenvalue weighted by molar-refractivity contribution is 6.07. The average molecular weight is 473 g/mol. The molecular weight excluding hydrogens is 440 g/mol. The quantitative estimate of drug-likeness (QED) is 0.576. The maximum atomic E-state index is 14.1. The van der Waals surface area contributed by atoms with Crippen LogP contribution in [-0.4, -0.2) is 62.7 Å². The van der Waals surface area contributed by atoms with Crippen molar-refractivity contribution in [2.45, 2.75) is 63.6 Å². The van der Waals surface area contributed by atoms with Gasteiger partial charge in [-0.05, 0) is 43.6 Å². The summed E-state index contributed by atoms with van der Waals surface area (Å²) < 4.78 is 35.4. The van der Waals surface area contributed by atoms with Gasteiger partial charge in [0.1, 0.15) is 18.0 Å². The van der Waals surface area contributed by atoms with Crippen molar-refractivity contribution in [2.24, 2.45) is 28.6 Å². The van der Waals surface area contributed by atoms with E-state index in [0.29, 0.717) is 37.7 Å². The molecule has 34 heavy (non-hydrogen) atoms. The van der Waals surface area contributed by atoms with Crippen LogP contribution in [-0.2, 0) is 38.0 Å². The third-order valence-electron chi connectivity index (χ3n) is 10.3. The summed E-state index contributed by atoms with van der Waals surface area (Å²) in [6.07, 6.45) is 6.98. The number of carbonyl (C=O) groups is 2. The van der Waals surface area contributed by atoms with E-state index < -0.39 is 28.5 Å². The molecule has 2 spiro atoms. The van der Waals surface area contributed by atoms with Crippen molar-refractivity contribution in [1.82, 2.24) is 0 Å². The summed E-state index contributed by atoms with van der Waals surface area (Å²) in [7, 11) is 0. The lowest BCUT2D eigenvalue weighted by Crippen LogP contribution is -2.65. The highest BCUT2D eigenvalue weighted by atomic mass is 16.9. The molecule has 3 aliphatic heterocycles. The highest BCUT2D eigenvalue weighted by Gasteiger charge is 2.76. The van der Waals surface area contributed by atoms with Crippen molar-refractivity contribution in [3.63, 3.8) is 0 Å². The monoisotopic (exact) mass is 472 g/mol. The van der Waals surface area contributed by atoms with Gasteiger partial charge in [-0.3, -0.25) is 9.59 Å². The van der Waals surface area contributed by atoms with E-state index >= 15 is 0 Å². The number of carbonyl (C=O) groups excluding carboxylic acids is 2. The molecule has 3 heterocycles. The largest absolute Gasteiger partial charge is 0.350 e. The smallest absolute Gasteiger partial charge is 0.226 e. The molecule has 7 aliphatic rings. The van der Waals surface area contributed by atoms with Crippen LogP contribution in [0.15, 0.2) is 23.3 Å². The zero-order chi connectivity index (χ0) is 23.3. The Hall–Kier alpha value is -1.42. The van der Waals surface area contributed by atoms with E-state index in [1.54, 1.807) is 6.08 Å². The lowest BCUT2D eigenvalue weighted by Gasteiger charge is -2.58. The molecule has 184 valence electrons. The lowest BCUT2D eigenvalue weighted by atomic mass is 9.46. The van der Waals surface area contributed by atoms with Crippen LogP contribution in [0.4, 0.5) is 0 Å². The summed E-state index contributed by atoms with van der Waals surface area (Å²) in [6, 6.07) is 0. The maximum Gasteiger partial charge on any atom is 0.226 e. The second-order valence-corrected chi connectivity index (χ2v) is 11.5. The minimum atomic E-state index is -0.936. The van der Waals surface area contributed by atoms with Crippen LogP contribution in [0, 0.1) is 28.6 Å². The Kier molecular flexibility index (Phi) is 4.55. The number of allylic oxidation sites excluding steroid dienone is 3. The van der Waals surface area contributed by atoms with Crippen molar-refractivity contribution < 1.29 is 38.0 Å². The molecule has 0 radical (unpaired) electrons. The van der Waals surface area contributed by atoms with Gasteiger partial charge in [-0.1, -0.05) is 25.5 Å². The lowest BCUT2D eigenvalue weighted by molar-refractivity contribution is -0.245. The Morgan fingerprint density at radius 3 is 2.56 bits per heavy atom. The van der Waals surface area contributed by atoms with Crippen molar-refractivity contribution in [1.29, 1.82) is 0 Å². The molecule has 8 heteroatoms. The van der Waals surface area contributed by atoms with Gasteiger partial charge in [0.15, 0.2) is 25.7 Å². The van der Waals surface area contributed by atoms with Gasteiger partial charge in [0.2, 0.25) is 5.79 Å². The first-order chi connectivity index (χ1) is 16.3. The van der Waals surface area contributed by atoms with Gasteiger partial charge in [-0.15, -0.1) is 0 Å². The predicted molar refractivity (Wildman–Crippen MR) is 116 cm³/mol. The zero-order valence-corrected chi connectivity index (χ0v) is 19.8. The number of Topliss-reactive ketones (excluding diaryl/α,β-unsaturated/α-hetero) is 1. The van der Waals surface area contributed by atoms with Gasteiger partial charge >= 0.3 is 0 Å². The van der Waals surface area contributed by atoms with E-state index in [2.05, 4.69) is 13.8 Å². The Morgan fingerprint density at radius 1 is 1.00 bits per heavy atom. The second-order valence-electron chi connectivity index (χ2n) is 11.5. The van der Waals surface area contributed by atoms with Gasteiger partial charge in [-0.25, -0.2) is 0 Å². The van der Waals surface area contributed by atoms with Crippen LogP contribution >= 0.6 is 0 Å². The molecule has 0 aromatic carbocycles. The SMILES string of the molecule is C[C@]12C=C(C3OCCO3)C(=O)C=C1CCC1C2C(=O)C[C@@]2(C)C1CC[C@@]21OCOC12COCO2. The first-order valence-electron chi connectivity index (χ1n) is 12.6. The topological polar surface area (TPSA) is 89.5 Å². The van der Waals surface area contributed by atoms with Crippen LogP contribution in [0.2, 0.25) is 0 Å². The van der Waals surface area contributed by atoms with E-state index in [1.807, 2.05) is 6.08 Å². The second kappa shape index (κ2) is 7.08. The molecule has 3 saturated carbocycles. The number of fused-ring (bicyclic) bond motifs is 7. The number of rotatable bonds is 1. The standard InChI is InChI=1S/C26H32O8/c1-23-10-17(22-30-7-8-31-22)19(27)9-15(23)3-4-16-18-5-6-25(24(18,2)11-20(28)21(16)23)26(34-14-32-25)12-29-13-33-26/h9-10,16,18,21-22H,3-8,11-14H2,1-2H3/t16?,18?,21?,23-,24-,25+,26?/m0/s1. The minimum absolute atomic E-state index is 0.0532. The van der Waals surface area contributed by atoms with E-state index in [1.165, 1.54) is 0 Å². The molecule has 0 N–H and O–H groups in total. The van der Waals surface area contributed by atoms with Crippen LogP contribution in [0.25, 0.3) is 0 Å². The van der Waals surface area contributed by atoms with E-state index in [0.717, 1.165) is 31.3 Å². The van der Waals surface area contributed by atoms with Gasteiger partial charge in [-0.2, -0.15) is 0 Å². The van der Waals surface area contributed by atoms with Crippen molar-refractivity contribution >= 4 is 11.6 Å². The third kappa shape index (κ3) is 2.49. The molecule has 0 aromatic heterocycles. The Labute approximate surface area is 198 Å². The van der Waals surface area contributed by atoms with Crippen LogP contribution in [0.5, 0.6) is 0 Å². The zero-order valence-electron chi connectivity index (χ0n) is 19.8. The molecule has 0 aromatic rings. The fourth-order valence-electron chi connectivity index (χ4n) is 8.86. The number of ether oxygens (including phenoxy) is 6. The Balaban J connectivity index is 1.28. The first-order valence-corrected chi connectivity index (χ1v) is 12.6. The van der Waals surface area contributed by atoms with Crippen LogP contribution < -0.4 is 0 Å². The Bertz CT molecular complexity index is 999. The van der Waals surface area contributed by atoms with Gasteiger partial charge in [0.05, 0.1) is 18.8 Å². The molecule has 4 unspecified atom stereocenters. The number of ketones is 2. The molecule has 0 amide bonds. The molecule has 7 atom stereocenters. The van der Waals surface area contributed by atoms with Gasteiger partial charge < -0.3 is 28.4 Å². The number of hydrogen-bond donors (Lipinski definition) is 0. The predicted octanol–water partition coefficient (Wildman–Crippen LogP) is 2.66. The summed E-state index contributed by atoms with van der Waals surface area (Å²) in [5.74, 6) is -0.431. The Morgan fingerprint density at radius 2 is 1.79 bits per heavy atom. The van der Waals surface area contributed by atoms with E-state index in [9.17, 15) is 9.59 Å². The molecule has 8 nitrogen and oxygen atoms in total. The summed E-state index contributed by atoms with van der Waals surface area (Å²) in [4.78, 5) is 27.0.